The van der Waals surface area contributed by atoms with Crippen molar-refractivity contribution in [2.24, 2.45) is 33.5 Å². The Bertz CT molecular complexity index is 1500. The minimum absolute atomic E-state index is 0.0229. The molecule has 1 unspecified atom stereocenters. The highest BCUT2D eigenvalue weighted by atomic mass is 32.2. The molecule has 206 valence electrons. The fourth-order valence-corrected chi connectivity index (χ4v) is 8.50. The minimum atomic E-state index is -4.50. The van der Waals surface area contributed by atoms with Crippen LogP contribution in [0, 0.1) is 29.1 Å². The molecule has 38 heavy (non-hydrogen) atoms. The molecule has 0 aromatic heterocycles. The van der Waals surface area contributed by atoms with Gasteiger partial charge in [0.2, 0.25) is 15.9 Å². The minimum Gasteiger partial charge on any atom is -0.341 e. The van der Waals surface area contributed by atoms with Gasteiger partial charge in [-0.1, -0.05) is 0 Å². The van der Waals surface area contributed by atoms with Crippen molar-refractivity contribution in [3.8, 4) is 0 Å². The maximum atomic E-state index is 13.9. The van der Waals surface area contributed by atoms with Crippen LogP contribution in [-0.4, -0.2) is 64.3 Å². The first-order chi connectivity index (χ1) is 17.6. The lowest BCUT2D eigenvalue weighted by Gasteiger charge is -2.47. The first-order valence-corrected chi connectivity index (χ1v) is 15.6. The molecule has 5 aliphatic rings. The van der Waals surface area contributed by atoms with Crippen LogP contribution in [0.3, 0.4) is 0 Å². The van der Waals surface area contributed by atoms with Crippen LogP contribution >= 0.6 is 0 Å². The number of nitrogens with one attached hydrogen (secondary N) is 2. The highest BCUT2D eigenvalue weighted by Crippen LogP contribution is 2.60. The number of anilines is 2. The Labute approximate surface area is 217 Å². The van der Waals surface area contributed by atoms with E-state index in [-0.39, 0.29) is 40.9 Å². The summed E-state index contributed by atoms with van der Waals surface area (Å²) in [7, 11) is -8.17. The number of ketones is 1. The van der Waals surface area contributed by atoms with Gasteiger partial charge in [0.25, 0.3) is 10.0 Å². The van der Waals surface area contributed by atoms with Gasteiger partial charge in [-0.3, -0.25) is 14.3 Å². The summed E-state index contributed by atoms with van der Waals surface area (Å²) < 4.78 is 96.7. The second-order valence-corrected chi connectivity index (χ2v) is 14.4. The number of sulfonamides is 2. The Morgan fingerprint density at radius 2 is 1.87 bits per heavy atom. The molecule has 4 fully saturated rings. The number of hydrogen-bond donors (Lipinski definition) is 2. The highest BCUT2D eigenvalue weighted by Gasteiger charge is 2.67. The topological polar surface area (TPSA) is 142 Å². The van der Waals surface area contributed by atoms with Crippen LogP contribution in [0.25, 0.3) is 0 Å². The summed E-state index contributed by atoms with van der Waals surface area (Å²) in [5.41, 5.74) is -2.06. The predicted molar refractivity (Wildman–Crippen MR) is 129 cm³/mol. The van der Waals surface area contributed by atoms with Crippen LogP contribution in [0.5, 0.6) is 0 Å². The van der Waals surface area contributed by atoms with Crippen molar-refractivity contribution in [1.82, 2.24) is 4.90 Å². The van der Waals surface area contributed by atoms with Gasteiger partial charge in [-0.2, -0.15) is 21.6 Å². The van der Waals surface area contributed by atoms with E-state index in [0.717, 1.165) is 25.2 Å². The van der Waals surface area contributed by atoms with E-state index in [1.165, 1.54) is 17.0 Å². The Kier molecular flexibility index (Phi) is 5.34. The zero-order valence-electron chi connectivity index (χ0n) is 20.2. The third-order valence-electron chi connectivity index (χ3n) is 8.62. The van der Waals surface area contributed by atoms with Gasteiger partial charge in [0.1, 0.15) is 10.7 Å². The molecule has 3 aliphatic carbocycles. The van der Waals surface area contributed by atoms with Crippen molar-refractivity contribution in [3.05, 3.63) is 18.2 Å². The lowest BCUT2D eigenvalue weighted by molar-refractivity contribution is -0.197. The number of benzene rings is 1. The third-order valence-corrected chi connectivity index (χ3v) is 10.6. The van der Waals surface area contributed by atoms with Crippen molar-refractivity contribution in [2.75, 3.05) is 22.8 Å². The van der Waals surface area contributed by atoms with Gasteiger partial charge < -0.3 is 10.2 Å². The largest absolute Gasteiger partial charge is 0.396 e. The summed E-state index contributed by atoms with van der Waals surface area (Å²) in [6.45, 7) is -0.555. The molecule has 6 rings (SSSR count). The van der Waals surface area contributed by atoms with Crippen molar-refractivity contribution < 1.29 is 39.6 Å². The molecule has 15 heteroatoms. The zero-order valence-corrected chi connectivity index (χ0v) is 21.8. The Balaban J connectivity index is 1.38. The van der Waals surface area contributed by atoms with Gasteiger partial charge in [-0.15, -0.1) is 4.40 Å². The number of Topliss-reactive ketones (excluding diaryl/α,β-unsaturated/α-hetero) is 1. The number of rotatable bonds is 5. The molecule has 1 aromatic rings. The summed E-state index contributed by atoms with van der Waals surface area (Å²) >= 11 is 0. The van der Waals surface area contributed by atoms with E-state index in [4.69, 9.17) is 0 Å². The molecule has 3 saturated carbocycles. The number of amides is 1. The van der Waals surface area contributed by atoms with Gasteiger partial charge in [0.15, 0.2) is 11.7 Å². The Morgan fingerprint density at radius 3 is 2.50 bits per heavy atom. The number of hydrogen-bond acceptors (Lipinski definition) is 7. The summed E-state index contributed by atoms with van der Waals surface area (Å²) in [6, 6.07) is 3.01. The predicted octanol–water partition coefficient (Wildman–Crippen LogP) is 2.36. The number of piperidine rings is 1. The molecular formula is C23H25F3N4O6S2. The van der Waals surface area contributed by atoms with Crippen molar-refractivity contribution >= 4 is 48.9 Å². The summed E-state index contributed by atoms with van der Waals surface area (Å²) in [6.07, 6.45) is -1.70. The number of halogens is 3. The van der Waals surface area contributed by atoms with Crippen LogP contribution in [-0.2, 0) is 29.6 Å². The van der Waals surface area contributed by atoms with E-state index < -0.39 is 73.6 Å². The number of carbonyl (C=O) groups excluding carboxylic acids is 2. The number of nitrogens with zero attached hydrogens (tertiary/aromatic N) is 2. The number of carbonyl (C=O) groups is 2. The van der Waals surface area contributed by atoms with Crippen molar-refractivity contribution in [1.29, 1.82) is 0 Å². The van der Waals surface area contributed by atoms with E-state index >= 15 is 0 Å². The molecule has 2 N–H and O–H groups in total. The third kappa shape index (κ3) is 3.91. The number of likely N-dealkylation sites (tertiary alicyclic amines) is 1. The standard InChI is InChI=1S/C23H25F3N4O6S2/c1-37(33,34)28-13-4-5-14-15(9-13)38(35,36)29-20(27-14)17-19(31)16-11-2-3-12(8-11)18(16)30(21(17)32)10-22(6-7-22)23(24,25)26/h4-5,9,11-12,16-18,28H,2-3,6-8,10H2,1H3,(H,27,29)/t11-,12+,16-,17?,18+/m1/s1. The van der Waals surface area contributed by atoms with E-state index in [0.29, 0.717) is 6.42 Å². The Morgan fingerprint density at radius 1 is 1.18 bits per heavy atom. The summed E-state index contributed by atoms with van der Waals surface area (Å²) in [5, 5.41) is 2.73. The van der Waals surface area contributed by atoms with E-state index in [1.807, 2.05) is 0 Å². The maximum Gasteiger partial charge on any atom is 0.396 e. The monoisotopic (exact) mass is 574 g/mol. The van der Waals surface area contributed by atoms with Crippen LogP contribution < -0.4 is 10.0 Å². The van der Waals surface area contributed by atoms with Crippen molar-refractivity contribution in [3.63, 3.8) is 0 Å². The van der Waals surface area contributed by atoms with Crippen LogP contribution in [0.4, 0.5) is 24.5 Å². The molecule has 2 heterocycles. The summed E-state index contributed by atoms with van der Waals surface area (Å²) in [5.74, 6) is -4.30. The van der Waals surface area contributed by atoms with E-state index in [2.05, 4.69) is 14.4 Å². The summed E-state index contributed by atoms with van der Waals surface area (Å²) in [4.78, 5) is 28.3. The number of amidine groups is 1. The van der Waals surface area contributed by atoms with Gasteiger partial charge in [-0.25, -0.2) is 8.42 Å². The first kappa shape index (κ1) is 25.6. The number of alkyl halides is 3. The normalized spacial score (nSPS) is 32.8. The maximum absolute atomic E-state index is 13.9. The molecule has 10 nitrogen and oxygen atoms in total. The molecular weight excluding hydrogens is 549 g/mol. The lowest BCUT2D eigenvalue weighted by atomic mass is 9.72. The molecule has 5 atom stereocenters. The van der Waals surface area contributed by atoms with Gasteiger partial charge in [0.05, 0.1) is 17.4 Å². The second kappa shape index (κ2) is 7.93. The van der Waals surface area contributed by atoms with E-state index in [9.17, 15) is 39.6 Å². The van der Waals surface area contributed by atoms with Crippen LogP contribution in [0.1, 0.15) is 32.1 Å². The fourth-order valence-electron chi connectivity index (χ4n) is 6.76. The molecule has 1 amide bonds. The zero-order chi connectivity index (χ0) is 27.4. The van der Waals surface area contributed by atoms with Gasteiger partial charge in [-0.05, 0) is 62.1 Å². The number of fused-ring (bicyclic) bond motifs is 6. The average Bonchev–Trinajstić information content (AvgIpc) is 3.30. The van der Waals surface area contributed by atoms with Gasteiger partial charge in [0, 0.05) is 24.2 Å². The SMILES string of the molecule is CS(=O)(=O)Nc1ccc2c(c1)S(=O)(=O)N=C(C1C(=O)[C@@H]3[C@@H]4CC[C@@H](C4)[C@@H]3N(CC3(C(F)(F)F)CC3)C1=O)N2. The smallest absolute Gasteiger partial charge is 0.341 e. The lowest BCUT2D eigenvalue weighted by Crippen LogP contribution is -2.63. The molecule has 1 saturated heterocycles. The Hall–Kier alpha value is -2.68. The molecule has 2 aliphatic heterocycles. The molecule has 0 spiro atoms. The fraction of sp³-hybridized carbons (Fsp3) is 0.609. The second-order valence-electron chi connectivity index (χ2n) is 11.1. The van der Waals surface area contributed by atoms with Gasteiger partial charge >= 0.3 is 6.18 Å². The quantitative estimate of drug-likeness (QED) is 0.514. The molecule has 0 radical (unpaired) electrons. The van der Waals surface area contributed by atoms with Crippen LogP contribution in [0.2, 0.25) is 0 Å². The van der Waals surface area contributed by atoms with Crippen LogP contribution in [0.15, 0.2) is 27.5 Å². The molecule has 1 aromatic carbocycles. The first-order valence-electron chi connectivity index (χ1n) is 12.2. The molecule has 2 bridgehead atoms. The van der Waals surface area contributed by atoms with E-state index in [1.54, 1.807) is 0 Å². The average molecular weight is 575 g/mol. The van der Waals surface area contributed by atoms with Crippen molar-refractivity contribution in [2.45, 2.75) is 49.2 Å². The highest BCUT2D eigenvalue weighted by molar-refractivity contribution is 7.92.